The van der Waals surface area contributed by atoms with Gasteiger partial charge in [-0.05, 0) is 49.2 Å². The van der Waals surface area contributed by atoms with Gasteiger partial charge in [0.15, 0.2) is 22.5 Å². The van der Waals surface area contributed by atoms with Crippen LogP contribution in [-0.4, -0.2) is 21.9 Å². The van der Waals surface area contributed by atoms with Gasteiger partial charge >= 0.3 is 0 Å². The normalized spacial score (nSPS) is 10.8. The van der Waals surface area contributed by atoms with Gasteiger partial charge in [-0.2, -0.15) is 0 Å². The molecule has 0 N–H and O–H groups in total. The second-order valence-corrected chi connectivity index (χ2v) is 7.38. The van der Waals surface area contributed by atoms with Crippen LogP contribution in [0.5, 0.6) is 11.5 Å². The summed E-state index contributed by atoms with van der Waals surface area (Å²) in [6, 6.07) is 13.7. The standard InChI is InChI=1S/C20H22ClN3O2S/c1-4-24-19(12-26-17-10-5-14(2)11-18(17)25-3)22-23-20(24)27-13-15-6-8-16(21)9-7-15/h5-11H,4,12-13H2,1-3H3. The van der Waals surface area contributed by atoms with Crippen LogP contribution in [0.4, 0.5) is 0 Å². The molecule has 7 heteroatoms. The highest BCUT2D eigenvalue weighted by Crippen LogP contribution is 2.29. The molecule has 5 nitrogen and oxygen atoms in total. The number of methoxy groups -OCH3 is 1. The molecule has 0 atom stereocenters. The lowest BCUT2D eigenvalue weighted by molar-refractivity contribution is 0.270. The van der Waals surface area contributed by atoms with E-state index in [-0.39, 0.29) is 0 Å². The van der Waals surface area contributed by atoms with Gasteiger partial charge in [-0.3, -0.25) is 0 Å². The lowest BCUT2D eigenvalue weighted by atomic mass is 10.2. The van der Waals surface area contributed by atoms with Crippen LogP contribution in [0.1, 0.15) is 23.9 Å². The van der Waals surface area contributed by atoms with E-state index in [4.69, 9.17) is 21.1 Å². The monoisotopic (exact) mass is 403 g/mol. The van der Waals surface area contributed by atoms with E-state index in [1.54, 1.807) is 18.9 Å². The summed E-state index contributed by atoms with van der Waals surface area (Å²) in [5, 5.41) is 10.3. The molecule has 0 aliphatic carbocycles. The molecule has 0 amide bonds. The van der Waals surface area contributed by atoms with Crippen molar-refractivity contribution in [2.75, 3.05) is 7.11 Å². The summed E-state index contributed by atoms with van der Waals surface area (Å²) in [6.45, 7) is 5.21. The molecule has 0 fully saturated rings. The van der Waals surface area contributed by atoms with Crippen molar-refractivity contribution in [3.8, 4) is 11.5 Å². The molecule has 0 saturated carbocycles. The molecule has 0 bridgehead atoms. The first-order valence-corrected chi connectivity index (χ1v) is 10.0. The number of thioether (sulfide) groups is 1. The third-order valence-corrected chi connectivity index (χ3v) is 5.36. The molecule has 1 aromatic heterocycles. The molecule has 2 aromatic carbocycles. The molecular formula is C20H22ClN3O2S. The Hall–Kier alpha value is -2.18. The van der Waals surface area contributed by atoms with Gasteiger partial charge in [0.25, 0.3) is 0 Å². The molecule has 0 unspecified atom stereocenters. The zero-order valence-corrected chi connectivity index (χ0v) is 17.2. The molecule has 0 aliphatic rings. The first-order chi connectivity index (χ1) is 13.1. The van der Waals surface area contributed by atoms with E-state index in [0.717, 1.165) is 39.6 Å². The van der Waals surface area contributed by atoms with Gasteiger partial charge in [-0.15, -0.1) is 10.2 Å². The Kier molecular flexibility index (Phi) is 6.63. The molecule has 3 aromatic rings. The minimum absolute atomic E-state index is 0.335. The number of aromatic nitrogens is 3. The Bertz CT molecular complexity index is 897. The first kappa shape index (κ1) is 19.6. The second kappa shape index (κ2) is 9.15. The maximum Gasteiger partial charge on any atom is 0.191 e. The molecule has 0 saturated heterocycles. The Morgan fingerprint density at radius 3 is 2.56 bits per heavy atom. The molecule has 0 aliphatic heterocycles. The number of rotatable bonds is 8. The molecule has 1 heterocycles. The Labute approximate surface area is 168 Å². The maximum atomic E-state index is 5.94. The first-order valence-electron chi connectivity index (χ1n) is 8.67. The maximum absolute atomic E-state index is 5.94. The number of aryl methyl sites for hydroxylation is 1. The van der Waals surface area contributed by atoms with Crippen LogP contribution in [0.2, 0.25) is 5.02 Å². The molecular weight excluding hydrogens is 382 g/mol. The minimum Gasteiger partial charge on any atom is -0.493 e. The van der Waals surface area contributed by atoms with Gasteiger partial charge in [-0.25, -0.2) is 0 Å². The zero-order chi connectivity index (χ0) is 19.2. The highest BCUT2D eigenvalue weighted by atomic mass is 35.5. The average Bonchev–Trinajstić information content (AvgIpc) is 3.08. The Morgan fingerprint density at radius 1 is 1.07 bits per heavy atom. The van der Waals surface area contributed by atoms with Crippen molar-refractivity contribution in [1.29, 1.82) is 0 Å². The van der Waals surface area contributed by atoms with Crippen molar-refractivity contribution in [3.63, 3.8) is 0 Å². The van der Waals surface area contributed by atoms with Gasteiger partial charge in [0.2, 0.25) is 0 Å². The molecule has 0 spiro atoms. The minimum atomic E-state index is 0.335. The summed E-state index contributed by atoms with van der Waals surface area (Å²) in [5.74, 6) is 3.01. The quantitative estimate of drug-likeness (QED) is 0.487. The predicted molar refractivity (Wildman–Crippen MR) is 109 cm³/mol. The Morgan fingerprint density at radius 2 is 1.85 bits per heavy atom. The molecule has 3 rings (SSSR count). The number of hydrogen-bond donors (Lipinski definition) is 0. The number of nitrogens with zero attached hydrogens (tertiary/aromatic N) is 3. The SMILES string of the molecule is CCn1c(COc2ccc(C)cc2OC)nnc1SCc1ccc(Cl)cc1. The van der Waals surface area contributed by atoms with Crippen LogP contribution >= 0.6 is 23.4 Å². The van der Waals surface area contributed by atoms with Crippen molar-refractivity contribution >= 4 is 23.4 Å². The van der Waals surface area contributed by atoms with E-state index < -0.39 is 0 Å². The van der Waals surface area contributed by atoms with Crippen molar-refractivity contribution in [2.45, 2.75) is 37.9 Å². The summed E-state index contributed by atoms with van der Waals surface area (Å²) in [7, 11) is 1.64. The Balaban J connectivity index is 1.67. The summed E-state index contributed by atoms with van der Waals surface area (Å²) < 4.78 is 13.4. The fraction of sp³-hybridized carbons (Fsp3) is 0.300. The van der Waals surface area contributed by atoms with Crippen LogP contribution in [0, 0.1) is 6.92 Å². The van der Waals surface area contributed by atoms with E-state index >= 15 is 0 Å². The third kappa shape index (κ3) is 4.96. The van der Waals surface area contributed by atoms with E-state index in [1.807, 2.05) is 49.4 Å². The van der Waals surface area contributed by atoms with Crippen LogP contribution in [0.15, 0.2) is 47.6 Å². The largest absolute Gasteiger partial charge is 0.493 e. The smallest absolute Gasteiger partial charge is 0.191 e. The highest BCUT2D eigenvalue weighted by Gasteiger charge is 2.13. The van der Waals surface area contributed by atoms with Gasteiger partial charge in [0, 0.05) is 17.3 Å². The van der Waals surface area contributed by atoms with Gasteiger partial charge in [0.1, 0.15) is 6.61 Å². The highest BCUT2D eigenvalue weighted by molar-refractivity contribution is 7.98. The summed E-state index contributed by atoms with van der Waals surface area (Å²) in [4.78, 5) is 0. The lowest BCUT2D eigenvalue weighted by Gasteiger charge is -2.12. The van der Waals surface area contributed by atoms with E-state index in [0.29, 0.717) is 12.4 Å². The van der Waals surface area contributed by atoms with Crippen molar-refractivity contribution < 1.29 is 9.47 Å². The third-order valence-electron chi connectivity index (χ3n) is 4.07. The summed E-state index contributed by atoms with van der Waals surface area (Å²) in [5.41, 5.74) is 2.31. The molecule has 142 valence electrons. The van der Waals surface area contributed by atoms with Crippen molar-refractivity contribution in [1.82, 2.24) is 14.8 Å². The van der Waals surface area contributed by atoms with E-state index in [1.165, 1.54) is 5.56 Å². The molecule has 27 heavy (non-hydrogen) atoms. The number of halogens is 1. The van der Waals surface area contributed by atoms with E-state index in [2.05, 4.69) is 21.7 Å². The number of ether oxygens (including phenoxy) is 2. The van der Waals surface area contributed by atoms with Crippen LogP contribution < -0.4 is 9.47 Å². The average molecular weight is 404 g/mol. The van der Waals surface area contributed by atoms with E-state index in [9.17, 15) is 0 Å². The zero-order valence-electron chi connectivity index (χ0n) is 15.6. The fourth-order valence-corrected chi connectivity index (χ4v) is 3.72. The topological polar surface area (TPSA) is 49.2 Å². The predicted octanol–water partition coefficient (Wildman–Crippen LogP) is 5.14. The van der Waals surface area contributed by atoms with Gasteiger partial charge in [0.05, 0.1) is 7.11 Å². The summed E-state index contributed by atoms with van der Waals surface area (Å²) in [6.07, 6.45) is 0. The number of hydrogen-bond acceptors (Lipinski definition) is 5. The lowest BCUT2D eigenvalue weighted by Crippen LogP contribution is -2.07. The van der Waals surface area contributed by atoms with Crippen LogP contribution in [0.3, 0.4) is 0 Å². The van der Waals surface area contributed by atoms with Crippen molar-refractivity contribution in [2.24, 2.45) is 0 Å². The number of benzene rings is 2. The van der Waals surface area contributed by atoms with Crippen molar-refractivity contribution in [3.05, 3.63) is 64.4 Å². The van der Waals surface area contributed by atoms with Gasteiger partial charge in [-0.1, -0.05) is 41.6 Å². The van der Waals surface area contributed by atoms with Crippen LogP contribution in [-0.2, 0) is 18.9 Å². The van der Waals surface area contributed by atoms with Gasteiger partial charge < -0.3 is 14.0 Å². The van der Waals surface area contributed by atoms with Crippen LogP contribution in [0.25, 0.3) is 0 Å². The second-order valence-electron chi connectivity index (χ2n) is 6.00. The summed E-state index contributed by atoms with van der Waals surface area (Å²) >= 11 is 7.59. The fourth-order valence-electron chi connectivity index (χ4n) is 2.62. The molecule has 0 radical (unpaired) electrons.